The van der Waals surface area contributed by atoms with E-state index in [0.29, 0.717) is 12.1 Å². The molecule has 0 unspecified atom stereocenters. The summed E-state index contributed by atoms with van der Waals surface area (Å²) in [5.41, 5.74) is 0. The zero-order chi connectivity index (χ0) is 11.8. The van der Waals surface area contributed by atoms with Gasteiger partial charge in [0.1, 0.15) is 0 Å². The van der Waals surface area contributed by atoms with Gasteiger partial charge < -0.3 is 14.8 Å². The summed E-state index contributed by atoms with van der Waals surface area (Å²) in [6.07, 6.45) is 6.71. The van der Waals surface area contributed by atoms with Gasteiger partial charge in [-0.15, -0.1) is 0 Å². The first-order chi connectivity index (χ1) is 8.25. The number of imidazole rings is 1. The molecule has 1 aromatic heterocycles. The molecular formula is C13H22N4. The molecule has 0 saturated carbocycles. The molecule has 1 aromatic rings. The van der Waals surface area contributed by atoms with Gasteiger partial charge in [0.25, 0.3) is 0 Å². The van der Waals surface area contributed by atoms with Gasteiger partial charge in [0, 0.05) is 37.6 Å². The first-order valence-corrected chi connectivity index (χ1v) is 6.77. The predicted molar refractivity (Wildman–Crippen MR) is 69.3 cm³/mol. The number of piperidine rings is 1. The topological polar surface area (TPSA) is 33.1 Å². The second-order valence-corrected chi connectivity index (χ2v) is 5.60. The van der Waals surface area contributed by atoms with Crippen LogP contribution in [0.3, 0.4) is 0 Å². The van der Waals surface area contributed by atoms with E-state index in [1.165, 1.54) is 25.9 Å². The third kappa shape index (κ3) is 1.95. The maximum absolute atomic E-state index is 4.54. The van der Waals surface area contributed by atoms with Crippen molar-refractivity contribution in [2.75, 3.05) is 24.5 Å². The molecule has 2 fully saturated rings. The molecule has 2 aliphatic rings. The van der Waals surface area contributed by atoms with Crippen molar-refractivity contribution in [3.8, 4) is 0 Å². The van der Waals surface area contributed by atoms with Crippen LogP contribution in [0.1, 0.15) is 32.7 Å². The fraction of sp³-hybridized carbons (Fsp3) is 0.769. The van der Waals surface area contributed by atoms with Crippen LogP contribution in [-0.4, -0.2) is 35.2 Å². The van der Waals surface area contributed by atoms with Crippen LogP contribution in [0.15, 0.2) is 12.4 Å². The third-order valence-electron chi connectivity index (χ3n) is 4.09. The summed E-state index contributed by atoms with van der Waals surface area (Å²) in [4.78, 5) is 6.99. The highest BCUT2D eigenvalue weighted by atomic mass is 15.3. The molecule has 3 rings (SSSR count). The second-order valence-electron chi connectivity index (χ2n) is 5.60. The van der Waals surface area contributed by atoms with E-state index in [9.17, 15) is 0 Å². The molecule has 17 heavy (non-hydrogen) atoms. The summed E-state index contributed by atoms with van der Waals surface area (Å²) >= 11 is 0. The zero-order valence-electron chi connectivity index (χ0n) is 10.8. The standard InChI is InChI=1S/C13H22N4/c1-10(2)17-7-6-15-13(17)16-8-11-4-3-5-14-12(11)9-16/h6-7,10-12,14H,3-5,8-9H2,1-2H3/t11-,12+/m0/s1. The van der Waals surface area contributed by atoms with E-state index in [-0.39, 0.29) is 0 Å². The van der Waals surface area contributed by atoms with Gasteiger partial charge in [0.05, 0.1) is 0 Å². The molecule has 94 valence electrons. The first-order valence-electron chi connectivity index (χ1n) is 6.77. The second kappa shape index (κ2) is 4.33. The van der Waals surface area contributed by atoms with Gasteiger partial charge in [-0.2, -0.15) is 0 Å². The number of rotatable bonds is 2. The number of fused-ring (bicyclic) bond motifs is 1. The van der Waals surface area contributed by atoms with Crippen LogP contribution < -0.4 is 10.2 Å². The zero-order valence-corrected chi connectivity index (χ0v) is 10.8. The molecule has 0 aromatic carbocycles. The number of nitrogens with zero attached hydrogens (tertiary/aromatic N) is 3. The molecule has 2 aliphatic heterocycles. The fourth-order valence-corrected chi connectivity index (χ4v) is 3.16. The molecule has 4 heteroatoms. The Morgan fingerprint density at radius 3 is 3.06 bits per heavy atom. The smallest absolute Gasteiger partial charge is 0.205 e. The van der Waals surface area contributed by atoms with E-state index in [4.69, 9.17) is 0 Å². The summed E-state index contributed by atoms with van der Waals surface area (Å²) in [6.45, 7) is 7.91. The quantitative estimate of drug-likeness (QED) is 0.844. The van der Waals surface area contributed by atoms with Crippen LogP contribution >= 0.6 is 0 Å². The minimum atomic E-state index is 0.489. The first kappa shape index (κ1) is 11.1. The molecule has 2 atom stereocenters. The van der Waals surface area contributed by atoms with Gasteiger partial charge in [-0.1, -0.05) is 0 Å². The summed E-state index contributed by atoms with van der Waals surface area (Å²) < 4.78 is 2.28. The Hall–Kier alpha value is -1.03. The Labute approximate surface area is 103 Å². The van der Waals surface area contributed by atoms with E-state index in [1.807, 2.05) is 6.20 Å². The lowest BCUT2D eigenvalue weighted by Gasteiger charge is -2.24. The lowest BCUT2D eigenvalue weighted by molar-refractivity contribution is 0.340. The highest BCUT2D eigenvalue weighted by Gasteiger charge is 2.35. The number of hydrogen-bond donors (Lipinski definition) is 1. The van der Waals surface area contributed by atoms with Gasteiger partial charge in [0.15, 0.2) is 0 Å². The predicted octanol–water partition coefficient (Wildman–Crippen LogP) is 1.65. The van der Waals surface area contributed by atoms with Crippen molar-refractivity contribution >= 4 is 5.95 Å². The third-order valence-corrected chi connectivity index (χ3v) is 4.09. The normalized spacial score (nSPS) is 28.8. The van der Waals surface area contributed by atoms with Gasteiger partial charge in [-0.05, 0) is 39.2 Å². The molecule has 0 bridgehead atoms. The number of aromatic nitrogens is 2. The van der Waals surface area contributed by atoms with Crippen molar-refractivity contribution in [2.45, 2.75) is 38.8 Å². The summed E-state index contributed by atoms with van der Waals surface area (Å²) in [5.74, 6) is 1.97. The summed E-state index contributed by atoms with van der Waals surface area (Å²) in [5, 5.41) is 3.64. The van der Waals surface area contributed by atoms with Crippen LogP contribution in [0, 0.1) is 5.92 Å². The van der Waals surface area contributed by atoms with Crippen LogP contribution in [0.4, 0.5) is 5.95 Å². The van der Waals surface area contributed by atoms with Gasteiger partial charge in [-0.25, -0.2) is 4.98 Å². The van der Waals surface area contributed by atoms with Crippen LogP contribution in [0.25, 0.3) is 0 Å². The van der Waals surface area contributed by atoms with Crippen molar-refractivity contribution in [3.63, 3.8) is 0 Å². The van der Waals surface area contributed by atoms with E-state index in [2.05, 4.69) is 39.8 Å². The monoisotopic (exact) mass is 234 g/mol. The van der Waals surface area contributed by atoms with E-state index in [0.717, 1.165) is 18.4 Å². The van der Waals surface area contributed by atoms with Crippen LogP contribution in [0.2, 0.25) is 0 Å². The molecule has 1 N–H and O–H groups in total. The van der Waals surface area contributed by atoms with Crippen molar-refractivity contribution in [1.82, 2.24) is 14.9 Å². The maximum Gasteiger partial charge on any atom is 0.205 e. The Morgan fingerprint density at radius 2 is 2.29 bits per heavy atom. The van der Waals surface area contributed by atoms with E-state index in [1.54, 1.807) is 0 Å². The highest BCUT2D eigenvalue weighted by Crippen LogP contribution is 2.29. The maximum atomic E-state index is 4.54. The van der Waals surface area contributed by atoms with Crippen LogP contribution in [0.5, 0.6) is 0 Å². The Morgan fingerprint density at radius 1 is 1.41 bits per heavy atom. The van der Waals surface area contributed by atoms with Gasteiger partial charge in [-0.3, -0.25) is 0 Å². The fourth-order valence-electron chi connectivity index (χ4n) is 3.16. The van der Waals surface area contributed by atoms with Crippen molar-refractivity contribution in [1.29, 1.82) is 0 Å². The number of hydrogen-bond acceptors (Lipinski definition) is 3. The average Bonchev–Trinajstić information content (AvgIpc) is 2.95. The largest absolute Gasteiger partial charge is 0.340 e. The van der Waals surface area contributed by atoms with Gasteiger partial charge in [0.2, 0.25) is 5.95 Å². The molecule has 0 spiro atoms. The average molecular weight is 234 g/mol. The van der Waals surface area contributed by atoms with Gasteiger partial charge >= 0.3 is 0 Å². The Balaban J connectivity index is 1.79. The molecule has 0 aliphatic carbocycles. The highest BCUT2D eigenvalue weighted by molar-refractivity contribution is 5.35. The molecule has 4 nitrogen and oxygen atoms in total. The van der Waals surface area contributed by atoms with E-state index >= 15 is 0 Å². The Kier molecular flexibility index (Phi) is 2.82. The molecule has 2 saturated heterocycles. The SMILES string of the molecule is CC(C)n1ccnc1N1C[C@@H]2CCCN[C@@H]2C1. The minimum absolute atomic E-state index is 0.489. The minimum Gasteiger partial charge on any atom is -0.340 e. The number of anilines is 1. The molecule has 3 heterocycles. The Bertz CT molecular complexity index is 371. The summed E-state index contributed by atoms with van der Waals surface area (Å²) in [7, 11) is 0. The van der Waals surface area contributed by atoms with E-state index < -0.39 is 0 Å². The molecule has 0 amide bonds. The van der Waals surface area contributed by atoms with Crippen molar-refractivity contribution < 1.29 is 0 Å². The molecule has 0 radical (unpaired) electrons. The van der Waals surface area contributed by atoms with Crippen molar-refractivity contribution in [3.05, 3.63) is 12.4 Å². The number of nitrogens with one attached hydrogen (secondary N) is 1. The molecular weight excluding hydrogens is 212 g/mol. The lowest BCUT2D eigenvalue weighted by atomic mass is 9.94. The van der Waals surface area contributed by atoms with Crippen LogP contribution in [-0.2, 0) is 0 Å². The lowest BCUT2D eigenvalue weighted by Crippen LogP contribution is -2.40. The van der Waals surface area contributed by atoms with Crippen molar-refractivity contribution in [2.24, 2.45) is 5.92 Å². The summed E-state index contributed by atoms with van der Waals surface area (Å²) in [6, 6.07) is 1.17.